The van der Waals surface area contributed by atoms with Crippen LogP contribution in [0.2, 0.25) is 0 Å². The van der Waals surface area contributed by atoms with Crippen LogP contribution in [0.25, 0.3) is 0 Å². The summed E-state index contributed by atoms with van der Waals surface area (Å²) < 4.78 is 11.5. The molecule has 0 aliphatic rings. The van der Waals surface area contributed by atoms with E-state index in [1.165, 1.54) is 0 Å². The van der Waals surface area contributed by atoms with Gasteiger partial charge in [-0.15, -0.1) is 0 Å². The standard InChI is InChI=1S/C13H20BrN3O2/c1-10(9-18-2)17-13(15)16-6-7-19-12-5-3-4-11(14)8-12/h3-5,8,10H,6-7,9H2,1-2H3,(H3,15,16,17). The quantitative estimate of drug-likeness (QED) is 0.454. The lowest BCUT2D eigenvalue weighted by molar-refractivity contribution is 0.179. The van der Waals surface area contributed by atoms with Crippen LogP contribution in [0.1, 0.15) is 6.92 Å². The highest BCUT2D eigenvalue weighted by Crippen LogP contribution is 2.17. The Morgan fingerprint density at radius 1 is 1.53 bits per heavy atom. The molecular weight excluding hydrogens is 310 g/mol. The lowest BCUT2D eigenvalue weighted by Gasteiger charge is -2.13. The summed E-state index contributed by atoms with van der Waals surface area (Å²) in [5, 5.41) is 3.03. The molecule has 1 unspecified atom stereocenters. The Balaban J connectivity index is 2.25. The number of benzene rings is 1. The van der Waals surface area contributed by atoms with Gasteiger partial charge in [-0.05, 0) is 25.1 Å². The summed E-state index contributed by atoms with van der Waals surface area (Å²) in [7, 11) is 1.65. The molecule has 0 heterocycles. The Morgan fingerprint density at radius 3 is 3.00 bits per heavy atom. The van der Waals surface area contributed by atoms with Crippen LogP contribution in [-0.2, 0) is 4.74 Å². The van der Waals surface area contributed by atoms with Crippen LogP contribution < -0.4 is 15.8 Å². The monoisotopic (exact) mass is 329 g/mol. The molecule has 1 rings (SSSR count). The van der Waals surface area contributed by atoms with Crippen LogP contribution in [-0.4, -0.2) is 38.9 Å². The number of halogens is 1. The normalized spacial score (nSPS) is 13.1. The van der Waals surface area contributed by atoms with Crippen LogP contribution in [0.5, 0.6) is 5.75 Å². The van der Waals surface area contributed by atoms with E-state index in [-0.39, 0.29) is 6.04 Å². The van der Waals surface area contributed by atoms with Gasteiger partial charge in [0, 0.05) is 17.6 Å². The van der Waals surface area contributed by atoms with E-state index in [1.54, 1.807) is 7.11 Å². The minimum absolute atomic E-state index is 0.139. The molecule has 106 valence electrons. The third kappa shape index (κ3) is 7.03. The number of nitrogens with two attached hydrogens (primary N) is 1. The van der Waals surface area contributed by atoms with Gasteiger partial charge >= 0.3 is 0 Å². The van der Waals surface area contributed by atoms with Crippen molar-refractivity contribution in [2.45, 2.75) is 13.0 Å². The Hall–Kier alpha value is -1.27. The summed E-state index contributed by atoms with van der Waals surface area (Å²) in [6, 6.07) is 7.82. The van der Waals surface area contributed by atoms with Gasteiger partial charge in [0.05, 0.1) is 13.2 Å². The van der Waals surface area contributed by atoms with E-state index < -0.39 is 0 Å². The fraction of sp³-hybridized carbons (Fsp3) is 0.462. The van der Waals surface area contributed by atoms with Gasteiger partial charge in [0.15, 0.2) is 5.96 Å². The first-order valence-corrected chi connectivity index (χ1v) is 6.85. The maximum atomic E-state index is 5.73. The third-order valence-electron chi connectivity index (χ3n) is 2.25. The summed E-state index contributed by atoms with van der Waals surface area (Å²) in [6.07, 6.45) is 0. The SMILES string of the molecule is COCC(C)NC(N)=NCCOc1cccc(Br)c1. The number of aliphatic imine (C=N–C) groups is 1. The van der Waals surface area contributed by atoms with Crippen LogP contribution in [0.4, 0.5) is 0 Å². The molecule has 0 bridgehead atoms. The number of nitrogens with one attached hydrogen (secondary N) is 1. The maximum absolute atomic E-state index is 5.73. The van der Waals surface area contributed by atoms with Gasteiger partial charge in [-0.3, -0.25) is 0 Å². The van der Waals surface area contributed by atoms with Crippen LogP contribution in [0.15, 0.2) is 33.7 Å². The summed E-state index contributed by atoms with van der Waals surface area (Å²) in [4.78, 5) is 4.17. The molecule has 6 heteroatoms. The van der Waals surface area contributed by atoms with E-state index in [1.807, 2.05) is 31.2 Å². The van der Waals surface area contributed by atoms with Gasteiger partial charge in [-0.1, -0.05) is 22.0 Å². The summed E-state index contributed by atoms with van der Waals surface area (Å²) >= 11 is 3.39. The smallest absolute Gasteiger partial charge is 0.188 e. The Kier molecular flexibility index (Phi) is 7.28. The van der Waals surface area contributed by atoms with Crippen molar-refractivity contribution in [1.82, 2.24) is 5.32 Å². The van der Waals surface area contributed by atoms with Crippen LogP contribution in [0, 0.1) is 0 Å². The zero-order chi connectivity index (χ0) is 14.1. The minimum Gasteiger partial charge on any atom is -0.492 e. The molecule has 0 aliphatic heterocycles. The van der Waals surface area contributed by atoms with Gasteiger partial charge < -0.3 is 20.5 Å². The average Bonchev–Trinajstić information content (AvgIpc) is 2.35. The molecule has 0 saturated heterocycles. The van der Waals surface area contributed by atoms with E-state index in [9.17, 15) is 0 Å². The lowest BCUT2D eigenvalue weighted by Crippen LogP contribution is -2.40. The molecule has 3 N–H and O–H groups in total. The van der Waals surface area contributed by atoms with Crippen molar-refractivity contribution in [2.75, 3.05) is 26.9 Å². The second-order valence-electron chi connectivity index (χ2n) is 4.07. The number of methoxy groups -OCH3 is 1. The zero-order valence-corrected chi connectivity index (χ0v) is 12.8. The van der Waals surface area contributed by atoms with E-state index in [0.29, 0.717) is 25.7 Å². The number of hydrogen-bond donors (Lipinski definition) is 2. The Morgan fingerprint density at radius 2 is 2.32 bits per heavy atom. The highest BCUT2D eigenvalue weighted by atomic mass is 79.9. The van der Waals surface area contributed by atoms with E-state index in [0.717, 1.165) is 10.2 Å². The van der Waals surface area contributed by atoms with E-state index in [4.69, 9.17) is 15.2 Å². The predicted octanol–water partition coefficient (Wildman–Crippen LogP) is 1.77. The van der Waals surface area contributed by atoms with Crippen LogP contribution >= 0.6 is 15.9 Å². The van der Waals surface area contributed by atoms with E-state index in [2.05, 4.69) is 26.2 Å². The van der Waals surface area contributed by atoms with Crippen molar-refractivity contribution in [3.8, 4) is 5.75 Å². The highest BCUT2D eigenvalue weighted by molar-refractivity contribution is 9.10. The second-order valence-corrected chi connectivity index (χ2v) is 4.99. The molecule has 0 aromatic heterocycles. The third-order valence-corrected chi connectivity index (χ3v) is 2.74. The van der Waals surface area contributed by atoms with Crippen molar-refractivity contribution < 1.29 is 9.47 Å². The fourth-order valence-electron chi connectivity index (χ4n) is 1.48. The first kappa shape index (κ1) is 15.8. The van der Waals surface area contributed by atoms with Crippen molar-refractivity contribution in [2.24, 2.45) is 10.7 Å². The maximum Gasteiger partial charge on any atom is 0.188 e. The largest absolute Gasteiger partial charge is 0.492 e. The van der Waals surface area contributed by atoms with Crippen molar-refractivity contribution in [3.63, 3.8) is 0 Å². The first-order valence-electron chi connectivity index (χ1n) is 6.05. The minimum atomic E-state index is 0.139. The molecule has 0 fully saturated rings. The Labute approximate surface area is 122 Å². The molecule has 19 heavy (non-hydrogen) atoms. The number of rotatable bonds is 7. The number of guanidine groups is 1. The highest BCUT2D eigenvalue weighted by Gasteiger charge is 2.01. The van der Waals surface area contributed by atoms with Crippen molar-refractivity contribution in [3.05, 3.63) is 28.7 Å². The van der Waals surface area contributed by atoms with Crippen LogP contribution in [0.3, 0.4) is 0 Å². The molecule has 0 amide bonds. The predicted molar refractivity (Wildman–Crippen MR) is 80.6 cm³/mol. The first-order chi connectivity index (χ1) is 9.11. The fourth-order valence-corrected chi connectivity index (χ4v) is 1.85. The molecule has 1 aromatic carbocycles. The molecule has 0 aliphatic carbocycles. The summed E-state index contributed by atoms with van der Waals surface area (Å²) in [6.45, 7) is 3.55. The zero-order valence-electron chi connectivity index (χ0n) is 11.2. The number of ether oxygens (including phenoxy) is 2. The summed E-state index contributed by atoms with van der Waals surface area (Å²) in [5.41, 5.74) is 5.73. The lowest BCUT2D eigenvalue weighted by atomic mass is 10.3. The van der Waals surface area contributed by atoms with Gasteiger partial charge in [0.1, 0.15) is 12.4 Å². The van der Waals surface area contributed by atoms with Crippen molar-refractivity contribution >= 4 is 21.9 Å². The van der Waals surface area contributed by atoms with Gasteiger partial charge in [0.2, 0.25) is 0 Å². The van der Waals surface area contributed by atoms with Gasteiger partial charge in [0.25, 0.3) is 0 Å². The number of hydrogen-bond acceptors (Lipinski definition) is 3. The Bertz CT molecular complexity index is 413. The molecule has 0 radical (unpaired) electrons. The second kappa shape index (κ2) is 8.77. The average molecular weight is 330 g/mol. The van der Waals surface area contributed by atoms with Crippen molar-refractivity contribution in [1.29, 1.82) is 0 Å². The molecular formula is C13H20BrN3O2. The molecule has 1 aromatic rings. The molecule has 5 nitrogen and oxygen atoms in total. The molecule has 1 atom stereocenters. The topological polar surface area (TPSA) is 68.9 Å². The van der Waals surface area contributed by atoms with E-state index >= 15 is 0 Å². The molecule has 0 spiro atoms. The van der Waals surface area contributed by atoms with Gasteiger partial charge in [-0.25, -0.2) is 4.99 Å². The molecule has 0 saturated carbocycles. The summed E-state index contributed by atoms with van der Waals surface area (Å²) in [5.74, 6) is 1.21. The van der Waals surface area contributed by atoms with Gasteiger partial charge in [-0.2, -0.15) is 0 Å². The number of nitrogens with zero attached hydrogens (tertiary/aromatic N) is 1.